The zero-order valence-corrected chi connectivity index (χ0v) is 12.7. The summed E-state index contributed by atoms with van der Waals surface area (Å²) in [6.07, 6.45) is 3.84. The van der Waals surface area contributed by atoms with Gasteiger partial charge in [-0.05, 0) is 19.1 Å². The van der Waals surface area contributed by atoms with Crippen molar-refractivity contribution in [2.24, 2.45) is 7.05 Å². The van der Waals surface area contributed by atoms with E-state index in [-0.39, 0.29) is 0 Å². The van der Waals surface area contributed by atoms with Crippen LogP contribution in [0.25, 0.3) is 0 Å². The monoisotopic (exact) mass is 286 g/mol. The van der Waals surface area contributed by atoms with Crippen molar-refractivity contribution in [3.05, 3.63) is 47.5 Å². The number of hydrogen-bond acceptors (Lipinski definition) is 4. The Morgan fingerprint density at radius 2 is 2.29 bits per heavy atom. The van der Waals surface area contributed by atoms with Gasteiger partial charge in [0.05, 0.1) is 18.5 Å². The normalized spacial score (nSPS) is 18.7. The SMILES string of the molecule is CCOCC1CN(Cc2ccccn2)Cc2cnn(C)c21. The van der Waals surface area contributed by atoms with Crippen LogP contribution in [0.4, 0.5) is 0 Å². The third-order valence-corrected chi connectivity index (χ3v) is 3.96. The van der Waals surface area contributed by atoms with Gasteiger partial charge in [0.2, 0.25) is 0 Å². The molecule has 0 amide bonds. The smallest absolute Gasteiger partial charge is 0.0562 e. The molecule has 1 aliphatic rings. The Bertz CT molecular complexity index is 581. The number of aromatic nitrogens is 3. The zero-order valence-electron chi connectivity index (χ0n) is 12.7. The van der Waals surface area contributed by atoms with Gasteiger partial charge in [0.1, 0.15) is 0 Å². The fourth-order valence-electron chi connectivity index (χ4n) is 3.08. The number of fused-ring (bicyclic) bond motifs is 1. The summed E-state index contributed by atoms with van der Waals surface area (Å²) in [5.41, 5.74) is 3.74. The van der Waals surface area contributed by atoms with E-state index in [4.69, 9.17) is 4.74 Å². The van der Waals surface area contributed by atoms with Crippen molar-refractivity contribution in [1.29, 1.82) is 0 Å². The van der Waals surface area contributed by atoms with Crippen LogP contribution < -0.4 is 0 Å². The molecule has 2 aromatic heterocycles. The maximum Gasteiger partial charge on any atom is 0.0562 e. The van der Waals surface area contributed by atoms with E-state index in [1.54, 1.807) is 0 Å². The summed E-state index contributed by atoms with van der Waals surface area (Å²) in [4.78, 5) is 6.85. The van der Waals surface area contributed by atoms with Crippen LogP contribution >= 0.6 is 0 Å². The predicted molar refractivity (Wildman–Crippen MR) is 80.8 cm³/mol. The molecule has 5 nitrogen and oxygen atoms in total. The summed E-state index contributed by atoms with van der Waals surface area (Å²) in [6, 6.07) is 6.08. The molecule has 0 fully saturated rings. The molecule has 3 rings (SSSR count). The van der Waals surface area contributed by atoms with Crippen molar-refractivity contribution in [1.82, 2.24) is 19.7 Å². The summed E-state index contributed by atoms with van der Waals surface area (Å²) >= 11 is 0. The van der Waals surface area contributed by atoms with E-state index >= 15 is 0 Å². The Hall–Kier alpha value is -1.72. The lowest BCUT2D eigenvalue weighted by Crippen LogP contribution is -2.35. The minimum Gasteiger partial charge on any atom is -0.381 e. The lowest BCUT2D eigenvalue weighted by molar-refractivity contribution is 0.102. The fourth-order valence-corrected chi connectivity index (χ4v) is 3.08. The number of aryl methyl sites for hydroxylation is 1. The first-order valence-corrected chi connectivity index (χ1v) is 7.48. The van der Waals surface area contributed by atoms with E-state index in [1.165, 1.54) is 11.3 Å². The molecular weight excluding hydrogens is 264 g/mol. The average Bonchev–Trinajstić information content (AvgIpc) is 2.87. The molecular formula is C16H22N4O. The van der Waals surface area contributed by atoms with Gasteiger partial charge < -0.3 is 4.74 Å². The van der Waals surface area contributed by atoms with Crippen LogP contribution in [0.2, 0.25) is 0 Å². The minimum atomic E-state index is 0.380. The highest BCUT2D eigenvalue weighted by atomic mass is 16.5. The lowest BCUT2D eigenvalue weighted by Gasteiger charge is -2.32. The zero-order chi connectivity index (χ0) is 14.7. The standard InChI is InChI=1S/C16H22N4O/c1-3-21-12-14-10-20(11-15-6-4-5-7-17-15)9-13-8-18-19(2)16(13)14/h4-8,14H,3,9-12H2,1-2H3. The van der Waals surface area contributed by atoms with Crippen molar-refractivity contribution < 1.29 is 4.74 Å². The second-order valence-corrected chi connectivity index (χ2v) is 5.53. The summed E-state index contributed by atoms with van der Waals surface area (Å²) in [5, 5.41) is 4.42. The first-order chi connectivity index (χ1) is 10.3. The molecule has 0 saturated heterocycles. The van der Waals surface area contributed by atoms with Crippen LogP contribution in [0, 0.1) is 0 Å². The van der Waals surface area contributed by atoms with Gasteiger partial charge in [-0.15, -0.1) is 0 Å². The van der Waals surface area contributed by atoms with Crippen LogP contribution in [0.1, 0.15) is 29.8 Å². The Kier molecular flexibility index (Phi) is 4.31. The quantitative estimate of drug-likeness (QED) is 0.842. The van der Waals surface area contributed by atoms with Crippen molar-refractivity contribution >= 4 is 0 Å². The molecule has 0 saturated carbocycles. The molecule has 1 atom stereocenters. The van der Waals surface area contributed by atoms with Crippen LogP contribution in [-0.2, 0) is 24.9 Å². The molecule has 0 aromatic carbocycles. The van der Waals surface area contributed by atoms with Gasteiger partial charge in [-0.1, -0.05) is 6.07 Å². The van der Waals surface area contributed by atoms with E-state index in [1.807, 2.05) is 43.2 Å². The first kappa shape index (κ1) is 14.2. The maximum atomic E-state index is 5.67. The van der Waals surface area contributed by atoms with Gasteiger partial charge in [0.15, 0.2) is 0 Å². The second kappa shape index (κ2) is 6.37. The Balaban J connectivity index is 1.77. The third kappa shape index (κ3) is 3.14. The first-order valence-electron chi connectivity index (χ1n) is 7.48. The average molecular weight is 286 g/mol. The minimum absolute atomic E-state index is 0.380. The number of nitrogens with zero attached hydrogens (tertiary/aromatic N) is 4. The maximum absolute atomic E-state index is 5.67. The predicted octanol–water partition coefficient (Wildman–Crippen LogP) is 1.95. The molecule has 0 spiro atoms. The van der Waals surface area contributed by atoms with Gasteiger partial charge in [-0.3, -0.25) is 14.6 Å². The van der Waals surface area contributed by atoms with Gasteiger partial charge >= 0.3 is 0 Å². The number of rotatable bonds is 5. The molecule has 0 bridgehead atoms. The Labute approximate surface area is 125 Å². The van der Waals surface area contributed by atoms with Crippen molar-refractivity contribution in [2.45, 2.75) is 25.9 Å². The van der Waals surface area contributed by atoms with Gasteiger partial charge in [0.25, 0.3) is 0 Å². The number of ether oxygens (including phenoxy) is 1. The molecule has 0 radical (unpaired) electrons. The van der Waals surface area contributed by atoms with Crippen LogP contribution in [-0.4, -0.2) is 39.4 Å². The topological polar surface area (TPSA) is 43.2 Å². The Morgan fingerprint density at radius 1 is 1.38 bits per heavy atom. The fraction of sp³-hybridized carbons (Fsp3) is 0.500. The van der Waals surface area contributed by atoms with E-state index in [0.717, 1.165) is 38.5 Å². The largest absolute Gasteiger partial charge is 0.381 e. The van der Waals surface area contributed by atoms with Crippen molar-refractivity contribution in [2.75, 3.05) is 19.8 Å². The highest BCUT2D eigenvalue weighted by molar-refractivity contribution is 5.25. The molecule has 21 heavy (non-hydrogen) atoms. The summed E-state index contributed by atoms with van der Waals surface area (Å²) in [6.45, 7) is 6.34. The van der Waals surface area contributed by atoms with Gasteiger partial charge in [0, 0.05) is 56.7 Å². The van der Waals surface area contributed by atoms with Crippen LogP contribution in [0.3, 0.4) is 0 Å². The van der Waals surface area contributed by atoms with E-state index in [9.17, 15) is 0 Å². The molecule has 2 aromatic rings. The number of hydrogen-bond donors (Lipinski definition) is 0. The van der Waals surface area contributed by atoms with Crippen LogP contribution in [0.5, 0.6) is 0 Å². The molecule has 0 N–H and O–H groups in total. The molecule has 1 unspecified atom stereocenters. The summed E-state index contributed by atoms with van der Waals surface area (Å²) in [7, 11) is 2.02. The van der Waals surface area contributed by atoms with E-state index in [0.29, 0.717) is 5.92 Å². The molecule has 112 valence electrons. The molecule has 1 aliphatic heterocycles. The Morgan fingerprint density at radius 3 is 3.05 bits per heavy atom. The third-order valence-electron chi connectivity index (χ3n) is 3.96. The molecule has 5 heteroatoms. The lowest BCUT2D eigenvalue weighted by atomic mass is 9.97. The highest BCUT2D eigenvalue weighted by Crippen LogP contribution is 2.28. The summed E-state index contributed by atoms with van der Waals surface area (Å²) < 4.78 is 7.67. The van der Waals surface area contributed by atoms with Gasteiger partial charge in [-0.2, -0.15) is 5.10 Å². The van der Waals surface area contributed by atoms with Crippen molar-refractivity contribution in [3.63, 3.8) is 0 Å². The second-order valence-electron chi connectivity index (χ2n) is 5.53. The van der Waals surface area contributed by atoms with E-state index < -0.39 is 0 Å². The highest BCUT2D eigenvalue weighted by Gasteiger charge is 2.28. The molecule has 0 aliphatic carbocycles. The van der Waals surface area contributed by atoms with Gasteiger partial charge in [-0.25, -0.2) is 0 Å². The van der Waals surface area contributed by atoms with Crippen molar-refractivity contribution in [3.8, 4) is 0 Å². The number of pyridine rings is 1. The van der Waals surface area contributed by atoms with E-state index in [2.05, 4.69) is 21.0 Å². The van der Waals surface area contributed by atoms with Crippen LogP contribution in [0.15, 0.2) is 30.6 Å². The summed E-state index contributed by atoms with van der Waals surface area (Å²) in [5.74, 6) is 0.380. The molecule has 3 heterocycles.